The SMILES string of the molecule is CC1=CCC(N(c2ccc(C)cc2)c2ccc3c(c2)C(C)(C)c2cc4c(cc2-3)C(C)(C)c2cc3c(cc2-4)C(C)(C)c2cc(N(c4ccc(C)cc4)c4ccc(C)cc4)ccc2-3)C=C1. The third-order valence-corrected chi connectivity index (χ3v) is 15.3. The molecule has 0 heterocycles. The Morgan fingerprint density at radius 1 is 0.381 bits per heavy atom. The van der Waals surface area contributed by atoms with Crippen LogP contribution in [0.25, 0.3) is 33.4 Å². The lowest BCUT2D eigenvalue weighted by Gasteiger charge is -2.34. The van der Waals surface area contributed by atoms with Gasteiger partial charge in [0, 0.05) is 44.7 Å². The molecule has 0 saturated heterocycles. The van der Waals surface area contributed by atoms with Crippen molar-refractivity contribution < 1.29 is 0 Å². The molecule has 1 atom stereocenters. The van der Waals surface area contributed by atoms with Crippen molar-refractivity contribution in [3.63, 3.8) is 0 Å². The van der Waals surface area contributed by atoms with E-state index >= 15 is 0 Å². The van der Waals surface area contributed by atoms with E-state index in [-0.39, 0.29) is 22.3 Å². The number of benzene rings is 7. The monoisotopic (exact) mass is 818 g/mol. The summed E-state index contributed by atoms with van der Waals surface area (Å²) in [4.78, 5) is 4.95. The molecule has 0 amide bonds. The summed E-state index contributed by atoms with van der Waals surface area (Å²) >= 11 is 0. The largest absolute Gasteiger partial charge is 0.334 e. The van der Waals surface area contributed by atoms with Crippen molar-refractivity contribution in [2.45, 2.75) is 97.9 Å². The highest BCUT2D eigenvalue weighted by Gasteiger charge is 2.45. The van der Waals surface area contributed by atoms with Crippen LogP contribution in [0.4, 0.5) is 28.4 Å². The van der Waals surface area contributed by atoms with Gasteiger partial charge in [0.05, 0.1) is 6.04 Å². The number of rotatable bonds is 6. The van der Waals surface area contributed by atoms with Gasteiger partial charge >= 0.3 is 0 Å². The van der Waals surface area contributed by atoms with Gasteiger partial charge in [0.1, 0.15) is 0 Å². The van der Waals surface area contributed by atoms with Crippen LogP contribution in [0, 0.1) is 20.8 Å². The molecule has 2 heteroatoms. The maximum Gasteiger partial charge on any atom is 0.0560 e. The van der Waals surface area contributed by atoms with Gasteiger partial charge in [-0.05, 0) is 186 Å². The molecule has 0 bridgehead atoms. The van der Waals surface area contributed by atoms with E-state index in [4.69, 9.17) is 0 Å². The zero-order chi connectivity index (χ0) is 43.7. The summed E-state index contributed by atoms with van der Waals surface area (Å²) in [6, 6.07) is 51.9. The molecule has 2 nitrogen and oxygen atoms in total. The van der Waals surface area contributed by atoms with Gasteiger partial charge in [0.15, 0.2) is 0 Å². The lowest BCUT2D eigenvalue weighted by atomic mass is 9.78. The fourth-order valence-corrected chi connectivity index (χ4v) is 11.4. The summed E-state index contributed by atoms with van der Waals surface area (Å²) in [5.41, 5.74) is 27.4. The van der Waals surface area contributed by atoms with Crippen LogP contribution in [-0.4, -0.2) is 6.04 Å². The molecule has 7 aromatic rings. The third-order valence-electron chi connectivity index (χ3n) is 15.3. The second-order valence-electron chi connectivity index (χ2n) is 20.5. The van der Waals surface area contributed by atoms with Crippen molar-refractivity contribution in [1.29, 1.82) is 0 Å². The molecule has 4 aliphatic rings. The molecule has 0 aliphatic heterocycles. The van der Waals surface area contributed by atoms with Crippen LogP contribution in [0.15, 0.2) is 157 Å². The van der Waals surface area contributed by atoms with Crippen LogP contribution in [0.3, 0.4) is 0 Å². The van der Waals surface area contributed by atoms with Crippen LogP contribution >= 0.6 is 0 Å². The lowest BCUT2D eigenvalue weighted by Crippen LogP contribution is -2.30. The normalized spacial score (nSPS) is 17.6. The van der Waals surface area contributed by atoms with Crippen molar-refractivity contribution >= 4 is 28.4 Å². The Morgan fingerprint density at radius 3 is 1.14 bits per heavy atom. The molecule has 63 heavy (non-hydrogen) atoms. The Hall–Kier alpha value is -6.38. The quantitative estimate of drug-likeness (QED) is 0.165. The van der Waals surface area contributed by atoms with Crippen molar-refractivity contribution in [3.8, 4) is 33.4 Å². The zero-order valence-corrected chi connectivity index (χ0v) is 38.6. The van der Waals surface area contributed by atoms with E-state index in [1.165, 1.54) is 117 Å². The zero-order valence-electron chi connectivity index (χ0n) is 38.6. The second kappa shape index (κ2) is 13.8. The van der Waals surface area contributed by atoms with Gasteiger partial charge in [-0.1, -0.05) is 131 Å². The van der Waals surface area contributed by atoms with E-state index in [1.54, 1.807) is 0 Å². The predicted octanol–water partition coefficient (Wildman–Crippen LogP) is 16.4. The minimum absolute atomic E-state index is 0.150. The molecular weight excluding hydrogens is 761 g/mol. The Kier molecular flexibility index (Phi) is 8.65. The highest BCUT2D eigenvalue weighted by molar-refractivity contribution is 5.94. The van der Waals surface area contributed by atoms with Crippen LogP contribution in [0.5, 0.6) is 0 Å². The second-order valence-corrected chi connectivity index (χ2v) is 20.5. The molecule has 0 fully saturated rings. The highest BCUT2D eigenvalue weighted by Crippen LogP contribution is 2.60. The number of anilines is 5. The van der Waals surface area contributed by atoms with Crippen LogP contribution < -0.4 is 9.80 Å². The summed E-state index contributed by atoms with van der Waals surface area (Å²) < 4.78 is 0. The minimum Gasteiger partial charge on any atom is -0.334 e. The molecule has 7 aromatic carbocycles. The topological polar surface area (TPSA) is 6.48 Å². The number of fused-ring (bicyclic) bond motifs is 9. The Bertz CT molecular complexity index is 3030. The maximum absolute atomic E-state index is 2.58. The molecule has 0 N–H and O–H groups in total. The molecule has 0 aromatic heterocycles. The summed E-state index contributed by atoms with van der Waals surface area (Å²) in [6.07, 6.45) is 8.03. The molecule has 4 aliphatic carbocycles. The Labute approximate surface area is 375 Å². The fourth-order valence-electron chi connectivity index (χ4n) is 11.4. The standard InChI is InChI=1S/C61H58N2/c1-37-11-19-41(20-12-37)62(42-21-13-38(2)14-22-42)45-27-29-47-49-33-57-51(35-55(49)59(5,6)53(47)31-45)52-36-56-50(34-58(52)61(57,9)10)48-30-28-46(32-54(48)60(56,7)8)63(43-23-15-39(3)16-24-43)44-25-17-40(4)18-26-44/h11-25,27-36,44H,26H2,1-10H3. The summed E-state index contributed by atoms with van der Waals surface area (Å²) in [7, 11) is 0. The number of allylic oxidation sites excluding steroid dienone is 2. The van der Waals surface area contributed by atoms with Gasteiger partial charge in [0.2, 0.25) is 0 Å². The Morgan fingerprint density at radius 2 is 0.730 bits per heavy atom. The van der Waals surface area contributed by atoms with E-state index in [2.05, 4.69) is 231 Å². The first-order valence-corrected chi connectivity index (χ1v) is 22.9. The van der Waals surface area contributed by atoms with E-state index in [9.17, 15) is 0 Å². The van der Waals surface area contributed by atoms with Crippen LogP contribution in [0.1, 0.15) is 105 Å². The first-order chi connectivity index (χ1) is 30.1. The minimum atomic E-state index is -0.178. The lowest BCUT2D eigenvalue weighted by molar-refractivity contribution is 0.649. The molecule has 1 unspecified atom stereocenters. The summed E-state index contributed by atoms with van der Waals surface area (Å²) in [6.45, 7) is 23.3. The van der Waals surface area contributed by atoms with Gasteiger partial charge < -0.3 is 9.80 Å². The number of hydrogen-bond acceptors (Lipinski definition) is 2. The van der Waals surface area contributed by atoms with Gasteiger partial charge in [0.25, 0.3) is 0 Å². The molecule has 11 rings (SSSR count). The van der Waals surface area contributed by atoms with Crippen molar-refractivity contribution in [2.75, 3.05) is 9.80 Å². The van der Waals surface area contributed by atoms with Crippen molar-refractivity contribution in [2.24, 2.45) is 0 Å². The smallest absolute Gasteiger partial charge is 0.0560 e. The maximum atomic E-state index is 2.58. The number of nitrogens with zero attached hydrogens (tertiary/aromatic N) is 2. The van der Waals surface area contributed by atoms with Crippen LogP contribution in [0.2, 0.25) is 0 Å². The van der Waals surface area contributed by atoms with Gasteiger partial charge in [-0.2, -0.15) is 0 Å². The summed E-state index contributed by atoms with van der Waals surface area (Å²) in [5.74, 6) is 0. The molecule has 312 valence electrons. The van der Waals surface area contributed by atoms with Gasteiger partial charge in [-0.15, -0.1) is 0 Å². The van der Waals surface area contributed by atoms with E-state index < -0.39 is 0 Å². The van der Waals surface area contributed by atoms with Crippen molar-refractivity contribution in [3.05, 3.63) is 207 Å². The first-order valence-electron chi connectivity index (χ1n) is 22.9. The number of aryl methyl sites for hydroxylation is 3. The third kappa shape index (κ3) is 5.97. The average molecular weight is 819 g/mol. The van der Waals surface area contributed by atoms with E-state index in [1.807, 2.05) is 0 Å². The highest BCUT2D eigenvalue weighted by atomic mass is 15.2. The van der Waals surface area contributed by atoms with Crippen molar-refractivity contribution in [1.82, 2.24) is 0 Å². The number of hydrogen-bond donors (Lipinski definition) is 0. The molecule has 0 radical (unpaired) electrons. The molecular formula is C61H58N2. The molecule has 0 saturated carbocycles. The Balaban J connectivity index is 0.989. The predicted molar refractivity (Wildman–Crippen MR) is 268 cm³/mol. The first kappa shape index (κ1) is 39.5. The summed E-state index contributed by atoms with van der Waals surface area (Å²) in [5, 5.41) is 0. The van der Waals surface area contributed by atoms with Crippen LogP contribution in [-0.2, 0) is 16.2 Å². The van der Waals surface area contributed by atoms with E-state index in [0.717, 1.165) is 6.42 Å². The van der Waals surface area contributed by atoms with Gasteiger partial charge in [-0.25, -0.2) is 0 Å². The fraction of sp³-hybridized carbons (Fsp3) is 0.246. The molecule has 0 spiro atoms. The van der Waals surface area contributed by atoms with Gasteiger partial charge in [-0.3, -0.25) is 0 Å². The van der Waals surface area contributed by atoms with E-state index in [0.29, 0.717) is 0 Å². The average Bonchev–Trinajstić information content (AvgIpc) is 3.73.